The smallest absolute Gasteiger partial charge is 0.184 e. The van der Waals surface area contributed by atoms with E-state index >= 15 is 0 Å². The van der Waals surface area contributed by atoms with Crippen LogP contribution < -0.4 is 0 Å². The average molecular weight is 316 g/mol. The maximum atomic E-state index is 6.01. The number of fused-ring (bicyclic) bond motifs is 1. The van der Waals surface area contributed by atoms with E-state index in [4.69, 9.17) is 21.1 Å². The molecule has 2 aromatic carbocycles. The first kappa shape index (κ1) is 12.8. The van der Waals surface area contributed by atoms with Crippen LogP contribution in [-0.4, -0.2) is 14.2 Å². The zero-order valence-corrected chi connectivity index (χ0v) is 11.9. The average Bonchev–Trinajstić information content (AvgIpc) is 2.34. The van der Waals surface area contributed by atoms with Crippen LogP contribution in [0.1, 0.15) is 11.9 Å². The summed E-state index contributed by atoms with van der Waals surface area (Å²) in [5.74, 6) is 0. The normalized spacial score (nSPS) is 11.4. The number of benzene rings is 2. The van der Waals surface area contributed by atoms with E-state index in [1.54, 1.807) is 14.2 Å². The van der Waals surface area contributed by atoms with Crippen LogP contribution in [-0.2, 0) is 9.47 Å². The molecule has 0 heterocycles. The second kappa shape index (κ2) is 5.36. The maximum Gasteiger partial charge on any atom is 0.184 e. The van der Waals surface area contributed by atoms with Crippen molar-refractivity contribution in [2.24, 2.45) is 0 Å². The number of methoxy groups -OCH3 is 2. The predicted octanol–water partition coefficient (Wildman–Crippen LogP) is 4.55. The highest BCUT2D eigenvalue weighted by Gasteiger charge is 2.14. The van der Waals surface area contributed by atoms with Gasteiger partial charge >= 0.3 is 0 Å². The van der Waals surface area contributed by atoms with Crippen molar-refractivity contribution in [3.63, 3.8) is 0 Å². The van der Waals surface area contributed by atoms with E-state index in [2.05, 4.69) is 15.9 Å². The molecule has 0 spiro atoms. The molecule has 0 bridgehead atoms. The first-order valence-corrected chi connectivity index (χ1v) is 6.27. The van der Waals surface area contributed by atoms with Crippen molar-refractivity contribution in [2.45, 2.75) is 6.29 Å². The predicted molar refractivity (Wildman–Crippen MR) is 73.4 cm³/mol. The first-order valence-electron chi connectivity index (χ1n) is 5.10. The molecule has 0 aliphatic heterocycles. The fourth-order valence-electron chi connectivity index (χ4n) is 1.80. The molecule has 0 N–H and O–H groups in total. The van der Waals surface area contributed by atoms with Gasteiger partial charge in [-0.25, -0.2) is 0 Å². The monoisotopic (exact) mass is 314 g/mol. The third-order valence-corrected chi connectivity index (χ3v) is 3.75. The fourth-order valence-corrected chi connectivity index (χ4v) is 2.64. The van der Waals surface area contributed by atoms with Crippen LogP contribution in [0.25, 0.3) is 10.8 Å². The van der Waals surface area contributed by atoms with Crippen LogP contribution in [0, 0.1) is 0 Å². The number of hydrogen-bond acceptors (Lipinski definition) is 2. The molecule has 4 heteroatoms. The van der Waals surface area contributed by atoms with E-state index < -0.39 is 0 Å². The number of rotatable bonds is 3. The molecule has 0 radical (unpaired) electrons. The number of hydrogen-bond donors (Lipinski definition) is 0. The molecule has 0 saturated carbocycles. The Labute approximate surface area is 114 Å². The highest BCUT2D eigenvalue weighted by Crippen LogP contribution is 2.34. The van der Waals surface area contributed by atoms with Crippen molar-refractivity contribution in [2.75, 3.05) is 14.2 Å². The van der Waals surface area contributed by atoms with Gasteiger partial charge in [0.15, 0.2) is 6.29 Å². The molecule has 0 saturated heterocycles. The Morgan fingerprint density at radius 2 is 1.76 bits per heavy atom. The molecule has 0 unspecified atom stereocenters. The van der Waals surface area contributed by atoms with Gasteiger partial charge in [-0.3, -0.25) is 0 Å². The van der Waals surface area contributed by atoms with Gasteiger partial charge in [-0.1, -0.05) is 29.8 Å². The lowest BCUT2D eigenvalue weighted by Crippen LogP contribution is -2.04. The molecule has 2 nitrogen and oxygen atoms in total. The Kier molecular flexibility index (Phi) is 4.05. The van der Waals surface area contributed by atoms with E-state index in [0.29, 0.717) is 5.02 Å². The molecule has 0 fully saturated rings. The molecule has 0 atom stereocenters. The molecular formula is C13H12BrClO2. The quantitative estimate of drug-likeness (QED) is 0.774. The minimum Gasteiger partial charge on any atom is -0.352 e. The lowest BCUT2D eigenvalue weighted by molar-refractivity contribution is -0.106. The minimum atomic E-state index is -0.382. The Morgan fingerprint density at radius 1 is 1.12 bits per heavy atom. The molecule has 0 amide bonds. The van der Waals surface area contributed by atoms with Gasteiger partial charge in [0.1, 0.15) is 0 Å². The highest BCUT2D eigenvalue weighted by atomic mass is 79.9. The van der Waals surface area contributed by atoms with Gasteiger partial charge in [-0.05, 0) is 38.8 Å². The first-order chi connectivity index (χ1) is 8.17. The molecule has 17 heavy (non-hydrogen) atoms. The van der Waals surface area contributed by atoms with E-state index in [1.807, 2.05) is 30.3 Å². The summed E-state index contributed by atoms with van der Waals surface area (Å²) in [6, 6.07) is 9.79. The van der Waals surface area contributed by atoms with Crippen molar-refractivity contribution in [1.82, 2.24) is 0 Å². The molecule has 90 valence electrons. The van der Waals surface area contributed by atoms with Crippen LogP contribution >= 0.6 is 27.5 Å². The SMILES string of the molecule is COC(OC)c1ccc2ccc(Cl)cc2c1Br. The second-order valence-corrected chi connectivity index (χ2v) is 4.87. The maximum absolute atomic E-state index is 6.01. The summed E-state index contributed by atoms with van der Waals surface area (Å²) >= 11 is 9.59. The second-order valence-electron chi connectivity index (χ2n) is 3.64. The molecule has 0 aromatic heterocycles. The van der Waals surface area contributed by atoms with E-state index in [0.717, 1.165) is 20.8 Å². The van der Waals surface area contributed by atoms with Gasteiger partial charge in [-0.2, -0.15) is 0 Å². The molecule has 2 rings (SSSR count). The van der Waals surface area contributed by atoms with Gasteiger partial charge in [0.2, 0.25) is 0 Å². The van der Waals surface area contributed by atoms with Crippen molar-refractivity contribution >= 4 is 38.3 Å². The summed E-state index contributed by atoms with van der Waals surface area (Å²) in [4.78, 5) is 0. The summed E-state index contributed by atoms with van der Waals surface area (Å²) in [6.07, 6.45) is -0.382. The van der Waals surface area contributed by atoms with Crippen molar-refractivity contribution < 1.29 is 9.47 Å². The summed E-state index contributed by atoms with van der Waals surface area (Å²) in [6.45, 7) is 0. The standard InChI is InChI=1S/C13H12BrClO2/c1-16-13(17-2)10-6-4-8-3-5-9(15)7-11(8)12(10)14/h3-7,13H,1-2H3. The fraction of sp³-hybridized carbons (Fsp3) is 0.231. The van der Waals surface area contributed by atoms with E-state index in [1.165, 1.54) is 0 Å². The zero-order chi connectivity index (χ0) is 12.4. The molecular weight excluding hydrogens is 303 g/mol. The van der Waals surface area contributed by atoms with Crippen LogP contribution in [0.15, 0.2) is 34.8 Å². The number of halogens is 2. The highest BCUT2D eigenvalue weighted by molar-refractivity contribution is 9.10. The third-order valence-electron chi connectivity index (χ3n) is 2.63. The van der Waals surface area contributed by atoms with E-state index in [9.17, 15) is 0 Å². The molecule has 2 aromatic rings. The molecule has 0 aliphatic rings. The van der Waals surface area contributed by atoms with E-state index in [-0.39, 0.29) is 6.29 Å². The third kappa shape index (κ3) is 2.47. The van der Waals surface area contributed by atoms with Crippen molar-refractivity contribution in [3.8, 4) is 0 Å². The topological polar surface area (TPSA) is 18.5 Å². The lowest BCUT2D eigenvalue weighted by atomic mass is 10.1. The van der Waals surface area contributed by atoms with Gasteiger partial charge in [-0.15, -0.1) is 0 Å². The van der Waals surface area contributed by atoms with Crippen molar-refractivity contribution in [1.29, 1.82) is 0 Å². The Balaban J connectivity index is 2.63. The van der Waals surface area contributed by atoms with Gasteiger partial charge < -0.3 is 9.47 Å². The van der Waals surface area contributed by atoms with Crippen LogP contribution in [0.2, 0.25) is 5.02 Å². The molecule has 0 aliphatic carbocycles. The summed E-state index contributed by atoms with van der Waals surface area (Å²) in [5, 5.41) is 2.88. The van der Waals surface area contributed by atoms with Gasteiger partial charge in [0.05, 0.1) is 0 Å². The van der Waals surface area contributed by atoms with Gasteiger partial charge in [0, 0.05) is 29.3 Å². The summed E-state index contributed by atoms with van der Waals surface area (Å²) in [5.41, 5.74) is 0.949. The summed E-state index contributed by atoms with van der Waals surface area (Å²) < 4.78 is 11.5. The summed E-state index contributed by atoms with van der Waals surface area (Å²) in [7, 11) is 3.23. The number of ether oxygens (including phenoxy) is 2. The van der Waals surface area contributed by atoms with Crippen LogP contribution in [0.5, 0.6) is 0 Å². The Hall–Kier alpha value is -0.610. The zero-order valence-electron chi connectivity index (χ0n) is 9.54. The van der Waals surface area contributed by atoms with Crippen LogP contribution in [0.3, 0.4) is 0 Å². The largest absolute Gasteiger partial charge is 0.352 e. The Bertz CT molecular complexity index is 538. The lowest BCUT2D eigenvalue weighted by Gasteiger charge is -2.16. The minimum absolute atomic E-state index is 0.382. The van der Waals surface area contributed by atoms with Crippen LogP contribution in [0.4, 0.5) is 0 Å². The van der Waals surface area contributed by atoms with Crippen molar-refractivity contribution in [3.05, 3.63) is 45.4 Å². The Morgan fingerprint density at radius 3 is 2.41 bits per heavy atom. The van der Waals surface area contributed by atoms with Gasteiger partial charge in [0.25, 0.3) is 0 Å².